The fourth-order valence-electron chi connectivity index (χ4n) is 3.10. The summed E-state index contributed by atoms with van der Waals surface area (Å²) >= 11 is 3.92. The van der Waals surface area contributed by atoms with Crippen molar-refractivity contribution in [3.63, 3.8) is 0 Å². The highest BCUT2D eigenvalue weighted by molar-refractivity contribution is 7.80. The fraction of sp³-hybridized carbons (Fsp3) is 0.500. The maximum Gasteiger partial charge on any atom is 0.327 e. The van der Waals surface area contributed by atoms with Gasteiger partial charge in [-0.1, -0.05) is 26.0 Å². The van der Waals surface area contributed by atoms with Crippen LogP contribution in [0.3, 0.4) is 0 Å². The summed E-state index contributed by atoms with van der Waals surface area (Å²) in [6.07, 6.45) is -0.263. The summed E-state index contributed by atoms with van der Waals surface area (Å²) in [5, 5.41) is 26.1. The number of phenolic OH excluding ortho intramolecular Hbond substituents is 1. The molecule has 0 spiro atoms. The van der Waals surface area contributed by atoms with Crippen LogP contribution in [0.5, 0.6) is 5.75 Å². The van der Waals surface area contributed by atoms with Gasteiger partial charge in [0.25, 0.3) is 0 Å². The average Bonchev–Trinajstić information content (AvgIpc) is 2.76. The number of carboxylic acids is 1. The number of carboxylic acid groups (broad SMARTS) is 1. The third-order valence-electron chi connectivity index (χ3n) is 4.90. The van der Waals surface area contributed by atoms with Crippen molar-refractivity contribution in [1.82, 2.24) is 16.0 Å². The van der Waals surface area contributed by atoms with Crippen molar-refractivity contribution in [3.05, 3.63) is 29.8 Å². The lowest BCUT2D eigenvalue weighted by atomic mass is 10.0. The Labute approximate surface area is 208 Å². The topological polar surface area (TPSA) is 214 Å². The van der Waals surface area contributed by atoms with E-state index in [1.165, 1.54) is 12.1 Å². The van der Waals surface area contributed by atoms with Crippen molar-refractivity contribution < 1.29 is 34.2 Å². The van der Waals surface area contributed by atoms with Crippen molar-refractivity contribution in [2.75, 3.05) is 5.75 Å². The normalized spacial score (nSPS) is 14.3. The molecule has 1 aromatic carbocycles. The summed E-state index contributed by atoms with van der Waals surface area (Å²) in [5.41, 5.74) is 11.4. The molecule has 4 amide bonds. The molecule has 194 valence electrons. The second-order valence-corrected chi connectivity index (χ2v) is 8.85. The number of phenols is 1. The van der Waals surface area contributed by atoms with Gasteiger partial charge < -0.3 is 37.6 Å². The van der Waals surface area contributed by atoms with Crippen molar-refractivity contribution in [1.29, 1.82) is 0 Å². The molecule has 0 bridgehead atoms. The number of carbonyl (C=O) groups excluding carboxylic acids is 4. The number of benzene rings is 1. The number of hydrogen-bond acceptors (Lipinski definition) is 8. The van der Waals surface area contributed by atoms with Crippen LogP contribution in [0.15, 0.2) is 24.3 Å². The minimum Gasteiger partial charge on any atom is -0.508 e. The number of amides is 4. The Morgan fingerprint density at radius 3 is 1.91 bits per heavy atom. The van der Waals surface area contributed by atoms with Gasteiger partial charge in [-0.2, -0.15) is 12.6 Å². The van der Waals surface area contributed by atoms with E-state index in [0.29, 0.717) is 5.56 Å². The standard InChI is InChI=1S/C22H33N5O7S/c1-11(2)7-15(20(31)27-17(10-35)22(33)34)26-21(32)16(8-12-3-5-13(28)6-4-12)25-19(30)14(23)9-18(24)29/h3-6,11,14-17,28,35H,7-10,23H2,1-2H3,(H2,24,29)(H,25,30)(H,26,32)(H,27,31)(H,33,34). The molecule has 0 saturated carbocycles. The molecular weight excluding hydrogens is 478 g/mol. The van der Waals surface area contributed by atoms with E-state index in [0.717, 1.165) is 0 Å². The molecule has 13 heteroatoms. The minimum atomic E-state index is -1.29. The number of carbonyl (C=O) groups is 5. The largest absolute Gasteiger partial charge is 0.508 e. The zero-order valence-electron chi connectivity index (χ0n) is 19.6. The predicted molar refractivity (Wildman–Crippen MR) is 130 cm³/mol. The predicted octanol–water partition coefficient (Wildman–Crippen LogP) is -1.35. The van der Waals surface area contributed by atoms with Crippen molar-refractivity contribution in [3.8, 4) is 5.75 Å². The van der Waals surface area contributed by atoms with Crippen LogP contribution in [0.2, 0.25) is 0 Å². The minimum absolute atomic E-state index is 0.00751. The molecule has 0 saturated heterocycles. The highest BCUT2D eigenvalue weighted by Gasteiger charge is 2.30. The van der Waals surface area contributed by atoms with Crippen LogP contribution < -0.4 is 27.4 Å². The first kappa shape index (κ1) is 29.7. The van der Waals surface area contributed by atoms with Gasteiger partial charge in [-0.05, 0) is 30.0 Å². The highest BCUT2D eigenvalue weighted by atomic mass is 32.1. The SMILES string of the molecule is CC(C)CC(NC(=O)C(Cc1ccc(O)cc1)NC(=O)C(N)CC(N)=O)C(=O)NC(CS)C(=O)O. The van der Waals surface area contributed by atoms with Crippen LogP contribution in [0.1, 0.15) is 32.3 Å². The van der Waals surface area contributed by atoms with Gasteiger partial charge in [0, 0.05) is 12.2 Å². The molecule has 0 radical (unpaired) electrons. The summed E-state index contributed by atoms with van der Waals surface area (Å²) in [6, 6.07) is 1.07. The number of primary amides is 1. The first-order chi connectivity index (χ1) is 16.3. The van der Waals surface area contributed by atoms with E-state index in [4.69, 9.17) is 11.5 Å². The van der Waals surface area contributed by atoms with E-state index >= 15 is 0 Å². The van der Waals surface area contributed by atoms with E-state index in [2.05, 4.69) is 28.6 Å². The summed E-state index contributed by atoms with van der Waals surface area (Å²) in [7, 11) is 0. The van der Waals surface area contributed by atoms with Crippen LogP contribution in [0.25, 0.3) is 0 Å². The van der Waals surface area contributed by atoms with Crippen molar-refractivity contribution >= 4 is 42.2 Å². The molecule has 1 aromatic rings. The van der Waals surface area contributed by atoms with Gasteiger partial charge in [-0.3, -0.25) is 19.2 Å². The van der Waals surface area contributed by atoms with Crippen LogP contribution >= 0.6 is 12.6 Å². The number of hydrogen-bond donors (Lipinski definition) is 8. The van der Waals surface area contributed by atoms with E-state index in [1.54, 1.807) is 12.1 Å². The van der Waals surface area contributed by atoms with Gasteiger partial charge in [0.15, 0.2) is 0 Å². The molecule has 12 nitrogen and oxygen atoms in total. The summed E-state index contributed by atoms with van der Waals surface area (Å²) in [6.45, 7) is 3.64. The average molecular weight is 512 g/mol. The molecule has 0 aliphatic heterocycles. The lowest BCUT2D eigenvalue weighted by molar-refractivity contribution is -0.141. The molecule has 0 heterocycles. The Hall–Kier alpha value is -3.32. The molecule has 1 rings (SSSR count). The molecule has 0 aliphatic rings. The molecule has 0 aromatic heterocycles. The third-order valence-corrected chi connectivity index (χ3v) is 5.27. The Bertz CT molecular complexity index is 910. The van der Waals surface area contributed by atoms with E-state index in [1.807, 2.05) is 13.8 Å². The third kappa shape index (κ3) is 10.6. The summed E-state index contributed by atoms with van der Waals surface area (Å²) in [4.78, 5) is 60.8. The molecule has 4 atom stereocenters. The van der Waals surface area contributed by atoms with E-state index < -0.39 is 60.2 Å². The number of aromatic hydroxyl groups is 1. The highest BCUT2D eigenvalue weighted by Crippen LogP contribution is 2.13. The number of nitrogens with two attached hydrogens (primary N) is 2. The van der Waals surface area contributed by atoms with E-state index in [-0.39, 0.29) is 30.3 Å². The molecule has 9 N–H and O–H groups in total. The lowest BCUT2D eigenvalue weighted by Gasteiger charge is -2.26. The Kier molecular flexibility index (Phi) is 12.0. The summed E-state index contributed by atoms with van der Waals surface area (Å²) in [5.74, 6) is -4.49. The number of nitrogens with one attached hydrogen (secondary N) is 3. The molecule has 35 heavy (non-hydrogen) atoms. The van der Waals surface area contributed by atoms with Gasteiger partial charge >= 0.3 is 5.97 Å². The van der Waals surface area contributed by atoms with Gasteiger partial charge in [0.05, 0.1) is 12.5 Å². The first-order valence-electron chi connectivity index (χ1n) is 10.9. The maximum absolute atomic E-state index is 13.2. The Morgan fingerprint density at radius 1 is 0.914 bits per heavy atom. The zero-order valence-corrected chi connectivity index (χ0v) is 20.5. The molecule has 0 fully saturated rings. The number of aliphatic carboxylic acids is 1. The first-order valence-corrected chi connectivity index (χ1v) is 11.5. The van der Waals surface area contributed by atoms with Crippen molar-refractivity contribution in [2.45, 2.75) is 57.3 Å². The Morgan fingerprint density at radius 2 is 1.43 bits per heavy atom. The van der Waals surface area contributed by atoms with Gasteiger partial charge in [0.1, 0.15) is 23.9 Å². The zero-order chi connectivity index (χ0) is 26.7. The second kappa shape index (κ2) is 14.2. The van der Waals surface area contributed by atoms with Crippen LogP contribution in [0.4, 0.5) is 0 Å². The number of thiol groups is 1. The molecular formula is C22H33N5O7S. The van der Waals surface area contributed by atoms with Crippen LogP contribution in [-0.4, -0.2) is 69.7 Å². The fourth-order valence-corrected chi connectivity index (χ4v) is 3.35. The monoisotopic (exact) mass is 511 g/mol. The smallest absolute Gasteiger partial charge is 0.327 e. The Balaban J connectivity index is 3.12. The van der Waals surface area contributed by atoms with E-state index in [9.17, 15) is 34.2 Å². The summed E-state index contributed by atoms with van der Waals surface area (Å²) < 4.78 is 0. The lowest BCUT2D eigenvalue weighted by Crippen LogP contribution is -2.58. The van der Waals surface area contributed by atoms with Crippen LogP contribution in [-0.2, 0) is 30.4 Å². The van der Waals surface area contributed by atoms with Gasteiger partial charge in [-0.25, -0.2) is 4.79 Å². The van der Waals surface area contributed by atoms with Gasteiger partial charge in [-0.15, -0.1) is 0 Å². The second-order valence-electron chi connectivity index (χ2n) is 8.48. The quantitative estimate of drug-likeness (QED) is 0.139. The van der Waals surface area contributed by atoms with Gasteiger partial charge in [0.2, 0.25) is 23.6 Å². The molecule has 4 unspecified atom stereocenters. The maximum atomic E-state index is 13.2. The molecule has 0 aliphatic carbocycles. The van der Waals surface area contributed by atoms with Crippen LogP contribution in [0, 0.1) is 5.92 Å². The number of rotatable bonds is 14. The van der Waals surface area contributed by atoms with Crippen molar-refractivity contribution in [2.24, 2.45) is 17.4 Å².